The van der Waals surface area contributed by atoms with E-state index in [0.717, 1.165) is 30.4 Å². The summed E-state index contributed by atoms with van der Waals surface area (Å²) in [4.78, 5) is 11.9. The van der Waals surface area contributed by atoms with Crippen molar-refractivity contribution in [2.24, 2.45) is 5.92 Å². The molecule has 2 rings (SSSR count). The Morgan fingerprint density at radius 3 is 2.89 bits per heavy atom. The van der Waals surface area contributed by atoms with Crippen molar-refractivity contribution in [1.29, 1.82) is 0 Å². The Morgan fingerprint density at radius 1 is 1.44 bits per heavy atom. The van der Waals surface area contributed by atoms with Crippen molar-refractivity contribution in [3.63, 3.8) is 0 Å². The zero-order chi connectivity index (χ0) is 13.0. The maximum absolute atomic E-state index is 11.9. The number of phenolic OH excluding ortho intramolecular Hbond substituents is 1. The van der Waals surface area contributed by atoms with Crippen molar-refractivity contribution in [1.82, 2.24) is 5.32 Å². The van der Waals surface area contributed by atoms with Crippen LogP contribution in [0, 0.1) is 5.92 Å². The molecular formula is C13H17BrN2O2. The van der Waals surface area contributed by atoms with Crippen LogP contribution in [0.4, 0.5) is 5.69 Å². The summed E-state index contributed by atoms with van der Waals surface area (Å²) in [5.41, 5.74) is 0.461. The van der Waals surface area contributed by atoms with Gasteiger partial charge < -0.3 is 15.7 Å². The van der Waals surface area contributed by atoms with Crippen molar-refractivity contribution in [3.05, 3.63) is 22.7 Å². The molecule has 1 aliphatic rings. The van der Waals surface area contributed by atoms with E-state index in [1.807, 2.05) is 0 Å². The van der Waals surface area contributed by atoms with Crippen LogP contribution in [0.15, 0.2) is 22.7 Å². The van der Waals surface area contributed by atoms with Gasteiger partial charge in [-0.05, 0) is 50.0 Å². The minimum Gasteiger partial charge on any atom is -0.506 e. The predicted molar refractivity (Wildman–Crippen MR) is 74.6 cm³/mol. The molecule has 1 amide bonds. The molecule has 3 N–H and O–H groups in total. The fraction of sp³-hybridized carbons (Fsp3) is 0.462. The van der Waals surface area contributed by atoms with Gasteiger partial charge in [-0.2, -0.15) is 0 Å². The van der Waals surface area contributed by atoms with Gasteiger partial charge in [0.2, 0.25) is 5.91 Å². The van der Waals surface area contributed by atoms with Crippen molar-refractivity contribution in [2.75, 3.05) is 18.4 Å². The molecule has 0 atom stereocenters. The van der Waals surface area contributed by atoms with Crippen molar-refractivity contribution >= 4 is 27.5 Å². The number of anilines is 1. The minimum absolute atomic E-state index is 0.0321. The molecule has 0 aromatic heterocycles. The van der Waals surface area contributed by atoms with E-state index in [4.69, 9.17) is 0 Å². The molecule has 1 aliphatic heterocycles. The number of hydrogen-bond acceptors (Lipinski definition) is 3. The zero-order valence-corrected chi connectivity index (χ0v) is 11.7. The van der Waals surface area contributed by atoms with Crippen LogP contribution < -0.4 is 10.6 Å². The molecule has 0 aliphatic carbocycles. The number of amides is 1. The summed E-state index contributed by atoms with van der Waals surface area (Å²) in [6, 6.07) is 5.00. The molecule has 0 bridgehead atoms. The quantitative estimate of drug-likeness (QED) is 0.751. The number of carbonyl (C=O) groups is 1. The normalized spacial score (nSPS) is 16.5. The third-order valence-electron chi connectivity index (χ3n) is 3.17. The third kappa shape index (κ3) is 3.71. The second kappa shape index (κ2) is 6.20. The Hall–Kier alpha value is -1.07. The molecular weight excluding hydrogens is 296 g/mol. The lowest BCUT2D eigenvalue weighted by atomic mass is 9.94. The fourth-order valence-electron chi connectivity index (χ4n) is 2.16. The van der Waals surface area contributed by atoms with Crippen LogP contribution in [-0.2, 0) is 4.79 Å². The van der Waals surface area contributed by atoms with Gasteiger partial charge in [0.15, 0.2) is 0 Å². The van der Waals surface area contributed by atoms with E-state index < -0.39 is 0 Å². The van der Waals surface area contributed by atoms with Gasteiger partial charge in [0, 0.05) is 10.9 Å². The number of rotatable bonds is 3. The molecule has 0 saturated carbocycles. The molecule has 18 heavy (non-hydrogen) atoms. The van der Waals surface area contributed by atoms with Gasteiger partial charge in [-0.1, -0.05) is 15.9 Å². The average molecular weight is 313 g/mol. The van der Waals surface area contributed by atoms with Crippen LogP contribution in [-0.4, -0.2) is 24.1 Å². The van der Waals surface area contributed by atoms with E-state index in [0.29, 0.717) is 18.0 Å². The standard InChI is InChI=1S/C13H17BrN2O2/c14-10-1-2-12(17)11(8-10)16-13(18)7-9-3-5-15-6-4-9/h1-2,8-9,15,17H,3-7H2,(H,16,18). The van der Waals surface area contributed by atoms with Crippen LogP contribution in [0.1, 0.15) is 19.3 Å². The van der Waals surface area contributed by atoms with Gasteiger partial charge in [-0.25, -0.2) is 0 Å². The molecule has 0 radical (unpaired) electrons. The number of phenols is 1. The number of nitrogens with one attached hydrogen (secondary N) is 2. The Balaban J connectivity index is 1.92. The first-order chi connectivity index (χ1) is 8.65. The average Bonchev–Trinajstić information content (AvgIpc) is 2.35. The van der Waals surface area contributed by atoms with E-state index in [2.05, 4.69) is 26.6 Å². The molecule has 5 heteroatoms. The summed E-state index contributed by atoms with van der Waals surface area (Å²) in [6.45, 7) is 1.97. The fourth-order valence-corrected chi connectivity index (χ4v) is 2.52. The first kappa shape index (κ1) is 13.4. The summed E-state index contributed by atoms with van der Waals surface area (Å²) in [5, 5.41) is 15.7. The molecule has 1 aromatic carbocycles. The largest absolute Gasteiger partial charge is 0.506 e. The molecule has 0 spiro atoms. The lowest BCUT2D eigenvalue weighted by Gasteiger charge is -2.22. The smallest absolute Gasteiger partial charge is 0.224 e. The van der Waals surface area contributed by atoms with Gasteiger partial charge in [0.05, 0.1) is 5.69 Å². The summed E-state index contributed by atoms with van der Waals surface area (Å²) in [6.07, 6.45) is 2.60. The van der Waals surface area contributed by atoms with E-state index in [9.17, 15) is 9.90 Å². The monoisotopic (exact) mass is 312 g/mol. The first-order valence-corrected chi connectivity index (χ1v) is 6.93. The highest BCUT2D eigenvalue weighted by atomic mass is 79.9. The van der Waals surface area contributed by atoms with E-state index in [1.165, 1.54) is 0 Å². The number of aromatic hydroxyl groups is 1. The Kier molecular flexibility index (Phi) is 4.60. The summed E-state index contributed by atoms with van der Waals surface area (Å²) in [5.74, 6) is 0.507. The summed E-state index contributed by atoms with van der Waals surface area (Å²) < 4.78 is 0.831. The molecule has 1 heterocycles. The summed E-state index contributed by atoms with van der Waals surface area (Å²) >= 11 is 3.31. The Labute approximate surface area is 115 Å². The number of carbonyl (C=O) groups excluding carboxylic acids is 1. The molecule has 0 unspecified atom stereocenters. The maximum atomic E-state index is 11.9. The second-order valence-corrected chi connectivity index (χ2v) is 5.52. The van der Waals surface area contributed by atoms with E-state index in [-0.39, 0.29) is 11.7 Å². The number of piperidine rings is 1. The Bertz CT molecular complexity index is 431. The molecule has 98 valence electrons. The highest BCUT2D eigenvalue weighted by molar-refractivity contribution is 9.10. The number of hydrogen-bond donors (Lipinski definition) is 3. The highest BCUT2D eigenvalue weighted by Crippen LogP contribution is 2.27. The maximum Gasteiger partial charge on any atom is 0.224 e. The lowest BCUT2D eigenvalue weighted by molar-refractivity contribution is -0.117. The minimum atomic E-state index is -0.0321. The van der Waals surface area contributed by atoms with Gasteiger partial charge in [-0.15, -0.1) is 0 Å². The molecule has 1 aromatic rings. The first-order valence-electron chi connectivity index (χ1n) is 6.14. The van der Waals surface area contributed by atoms with Crippen LogP contribution >= 0.6 is 15.9 Å². The van der Waals surface area contributed by atoms with Gasteiger partial charge in [0.25, 0.3) is 0 Å². The second-order valence-electron chi connectivity index (χ2n) is 4.61. The number of halogens is 1. The third-order valence-corrected chi connectivity index (χ3v) is 3.66. The van der Waals surface area contributed by atoms with E-state index >= 15 is 0 Å². The molecule has 1 saturated heterocycles. The van der Waals surface area contributed by atoms with Crippen molar-refractivity contribution in [3.8, 4) is 5.75 Å². The van der Waals surface area contributed by atoms with Gasteiger partial charge >= 0.3 is 0 Å². The zero-order valence-electron chi connectivity index (χ0n) is 10.1. The number of benzene rings is 1. The van der Waals surface area contributed by atoms with Gasteiger partial charge in [-0.3, -0.25) is 4.79 Å². The van der Waals surface area contributed by atoms with Crippen molar-refractivity contribution in [2.45, 2.75) is 19.3 Å². The van der Waals surface area contributed by atoms with Crippen molar-refractivity contribution < 1.29 is 9.90 Å². The Morgan fingerprint density at radius 2 is 2.17 bits per heavy atom. The molecule has 4 nitrogen and oxygen atoms in total. The van der Waals surface area contributed by atoms with Crippen LogP contribution in [0.5, 0.6) is 5.75 Å². The molecule has 1 fully saturated rings. The van der Waals surface area contributed by atoms with Crippen LogP contribution in [0.2, 0.25) is 0 Å². The lowest BCUT2D eigenvalue weighted by Crippen LogP contribution is -2.30. The van der Waals surface area contributed by atoms with Gasteiger partial charge in [0.1, 0.15) is 5.75 Å². The highest BCUT2D eigenvalue weighted by Gasteiger charge is 2.17. The topological polar surface area (TPSA) is 61.4 Å². The SMILES string of the molecule is O=C(CC1CCNCC1)Nc1cc(Br)ccc1O. The predicted octanol–water partition coefficient (Wildman–Crippen LogP) is 2.48. The van der Waals surface area contributed by atoms with E-state index in [1.54, 1.807) is 18.2 Å². The summed E-state index contributed by atoms with van der Waals surface area (Å²) in [7, 11) is 0. The van der Waals surface area contributed by atoms with Crippen LogP contribution in [0.3, 0.4) is 0 Å². The van der Waals surface area contributed by atoms with Crippen LogP contribution in [0.25, 0.3) is 0 Å².